The lowest BCUT2D eigenvalue weighted by Gasteiger charge is -2.04. The Morgan fingerprint density at radius 2 is 2.22 bits per heavy atom. The number of fused-ring (bicyclic) bond motifs is 1. The van der Waals surface area contributed by atoms with Gasteiger partial charge in [0.25, 0.3) is 0 Å². The SMILES string of the molecule is NCc1cnc(NCc2ccc3c(c2)OCO3)s1. The molecule has 94 valence electrons. The first-order chi connectivity index (χ1) is 8.85. The molecule has 0 spiro atoms. The predicted molar refractivity (Wildman–Crippen MR) is 69.9 cm³/mol. The van der Waals surface area contributed by atoms with Gasteiger partial charge in [-0.1, -0.05) is 6.07 Å². The van der Waals surface area contributed by atoms with Crippen LogP contribution in [0.15, 0.2) is 24.4 Å². The standard InChI is InChI=1S/C12H13N3O2S/c13-4-9-6-15-12(18-9)14-5-8-1-2-10-11(3-8)17-7-16-10/h1-3,6H,4-5,7,13H2,(H,14,15). The maximum absolute atomic E-state index is 5.54. The molecular weight excluding hydrogens is 250 g/mol. The molecule has 3 rings (SSSR count). The van der Waals surface area contributed by atoms with Crippen LogP contribution in [0.3, 0.4) is 0 Å². The van der Waals surface area contributed by atoms with E-state index in [-0.39, 0.29) is 0 Å². The minimum Gasteiger partial charge on any atom is -0.454 e. The molecule has 0 fully saturated rings. The Hall–Kier alpha value is -1.79. The quantitative estimate of drug-likeness (QED) is 0.882. The Labute approximate surface area is 109 Å². The van der Waals surface area contributed by atoms with Gasteiger partial charge in [-0.05, 0) is 17.7 Å². The molecule has 0 unspecified atom stereocenters. The number of hydrogen-bond acceptors (Lipinski definition) is 6. The number of benzene rings is 1. The van der Waals surface area contributed by atoms with Crippen LogP contribution in [0.1, 0.15) is 10.4 Å². The van der Waals surface area contributed by atoms with Crippen LogP contribution in [0.2, 0.25) is 0 Å². The second-order valence-electron chi connectivity index (χ2n) is 3.88. The van der Waals surface area contributed by atoms with Crippen molar-refractivity contribution in [1.29, 1.82) is 0 Å². The van der Waals surface area contributed by atoms with Crippen molar-refractivity contribution < 1.29 is 9.47 Å². The van der Waals surface area contributed by atoms with E-state index in [2.05, 4.69) is 10.3 Å². The Kier molecular flexibility index (Phi) is 3.04. The molecule has 0 saturated carbocycles. The van der Waals surface area contributed by atoms with Crippen molar-refractivity contribution in [2.24, 2.45) is 5.73 Å². The molecule has 0 saturated heterocycles. The van der Waals surface area contributed by atoms with Gasteiger partial charge in [-0.2, -0.15) is 0 Å². The molecule has 0 amide bonds. The van der Waals surface area contributed by atoms with Gasteiger partial charge >= 0.3 is 0 Å². The van der Waals surface area contributed by atoms with Gasteiger partial charge in [0, 0.05) is 24.2 Å². The summed E-state index contributed by atoms with van der Waals surface area (Å²) in [6.07, 6.45) is 1.80. The van der Waals surface area contributed by atoms with E-state index in [0.29, 0.717) is 19.9 Å². The zero-order valence-corrected chi connectivity index (χ0v) is 10.5. The molecule has 0 bridgehead atoms. The zero-order valence-electron chi connectivity index (χ0n) is 9.68. The van der Waals surface area contributed by atoms with Gasteiger partial charge in [-0.15, -0.1) is 11.3 Å². The maximum atomic E-state index is 5.54. The second kappa shape index (κ2) is 4.83. The lowest BCUT2D eigenvalue weighted by Crippen LogP contribution is -1.98. The van der Waals surface area contributed by atoms with Crippen LogP contribution in [-0.4, -0.2) is 11.8 Å². The van der Waals surface area contributed by atoms with Crippen LogP contribution in [0, 0.1) is 0 Å². The zero-order chi connectivity index (χ0) is 12.4. The number of ether oxygens (including phenoxy) is 2. The van der Waals surface area contributed by atoms with Crippen LogP contribution < -0.4 is 20.5 Å². The van der Waals surface area contributed by atoms with Crippen LogP contribution >= 0.6 is 11.3 Å². The monoisotopic (exact) mass is 263 g/mol. The lowest BCUT2D eigenvalue weighted by atomic mass is 10.2. The third-order valence-corrected chi connectivity index (χ3v) is 3.61. The Morgan fingerprint density at radius 3 is 3.06 bits per heavy atom. The predicted octanol–water partition coefficient (Wildman–Crippen LogP) is 1.94. The van der Waals surface area contributed by atoms with E-state index < -0.39 is 0 Å². The third-order valence-electron chi connectivity index (χ3n) is 2.64. The molecule has 5 nitrogen and oxygen atoms in total. The minimum absolute atomic E-state index is 0.304. The van der Waals surface area contributed by atoms with Crippen molar-refractivity contribution in [3.05, 3.63) is 34.8 Å². The van der Waals surface area contributed by atoms with Gasteiger partial charge in [0.2, 0.25) is 6.79 Å². The molecule has 2 aromatic rings. The summed E-state index contributed by atoms with van der Waals surface area (Å²) < 4.78 is 10.6. The highest BCUT2D eigenvalue weighted by Gasteiger charge is 2.13. The van der Waals surface area contributed by atoms with Gasteiger partial charge in [0.15, 0.2) is 16.6 Å². The third kappa shape index (κ3) is 2.25. The highest BCUT2D eigenvalue weighted by Crippen LogP contribution is 2.32. The lowest BCUT2D eigenvalue weighted by molar-refractivity contribution is 0.174. The van der Waals surface area contributed by atoms with Crippen molar-refractivity contribution in [2.45, 2.75) is 13.1 Å². The summed E-state index contributed by atoms with van der Waals surface area (Å²) in [6, 6.07) is 5.91. The first-order valence-corrected chi connectivity index (χ1v) is 6.44. The number of nitrogens with one attached hydrogen (secondary N) is 1. The van der Waals surface area contributed by atoms with E-state index in [1.165, 1.54) is 0 Å². The average Bonchev–Trinajstić information content (AvgIpc) is 3.04. The van der Waals surface area contributed by atoms with Gasteiger partial charge < -0.3 is 20.5 Å². The summed E-state index contributed by atoms with van der Waals surface area (Å²) in [4.78, 5) is 5.32. The molecule has 1 aromatic heterocycles. The molecule has 6 heteroatoms. The van der Waals surface area contributed by atoms with Gasteiger partial charge in [-0.3, -0.25) is 0 Å². The smallest absolute Gasteiger partial charge is 0.231 e. The molecule has 0 atom stereocenters. The van der Waals surface area contributed by atoms with Gasteiger partial charge in [0.05, 0.1) is 0 Å². The maximum Gasteiger partial charge on any atom is 0.231 e. The molecule has 1 aliphatic rings. The summed E-state index contributed by atoms with van der Waals surface area (Å²) in [5, 5.41) is 4.14. The van der Waals surface area contributed by atoms with E-state index in [1.54, 1.807) is 17.5 Å². The fourth-order valence-corrected chi connectivity index (χ4v) is 2.40. The second-order valence-corrected chi connectivity index (χ2v) is 4.99. The molecule has 2 heterocycles. The van der Waals surface area contributed by atoms with Crippen molar-refractivity contribution in [3.63, 3.8) is 0 Å². The topological polar surface area (TPSA) is 69.4 Å². The number of thiazole rings is 1. The molecule has 0 radical (unpaired) electrons. The van der Waals surface area contributed by atoms with E-state index in [4.69, 9.17) is 15.2 Å². The van der Waals surface area contributed by atoms with E-state index in [1.807, 2.05) is 18.2 Å². The fourth-order valence-electron chi connectivity index (χ4n) is 1.71. The van der Waals surface area contributed by atoms with Gasteiger partial charge in [0.1, 0.15) is 0 Å². The molecule has 1 aliphatic heterocycles. The average molecular weight is 263 g/mol. The van der Waals surface area contributed by atoms with Crippen LogP contribution in [0.25, 0.3) is 0 Å². The van der Waals surface area contributed by atoms with E-state index in [0.717, 1.165) is 27.1 Å². The summed E-state index contributed by atoms with van der Waals surface area (Å²) in [5.74, 6) is 1.61. The summed E-state index contributed by atoms with van der Waals surface area (Å²) >= 11 is 1.57. The summed E-state index contributed by atoms with van der Waals surface area (Å²) in [5.41, 5.74) is 6.67. The number of aromatic nitrogens is 1. The highest BCUT2D eigenvalue weighted by atomic mass is 32.1. The summed E-state index contributed by atoms with van der Waals surface area (Å²) in [7, 11) is 0. The fraction of sp³-hybridized carbons (Fsp3) is 0.250. The molecule has 1 aromatic carbocycles. The Balaban J connectivity index is 1.66. The Morgan fingerprint density at radius 1 is 1.33 bits per heavy atom. The number of hydrogen-bond donors (Lipinski definition) is 2. The number of anilines is 1. The van der Waals surface area contributed by atoms with Gasteiger partial charge in [-0.25, -0.2) is 4.98 Å². The minimum atomic E-state index is 0.304. The van der Waals surface area contributed by atoms with E-state index >= 15 is 0 Å². The summed E-state index contributed by atoms with van der Waals surface area (Å²) in [6.45, 7) is 1.54. The van der Waals surface area contributed by atoms with Crippen LogP contribution in [0.5, 0.6) is 11.5 Å². The van der Waals surface area contributed by atoms with Crippen LogP contribution in [-0.2, 0) is 13.1 Å². The van der Waals surface area contributed by atoms with Crippen molar-refractivity contribution in [3.8, 4) is 11.5 Å². The number of rotatable bonds is 4. The highest BCUT2D eigenvalue weighted by molar-refractivity contribution is 7.15. The normalized spacial score (nSPS) is 12.7. The van der Waals surface area contributed by atoms with E-state index in [9.17, 15) is 0 Å². The first kappa shape index (κ1) is 11.3. The molecular formula is C12H13N3O2S. The van der Waals surface area contributed by atoms with Crippen molar-refractivity contribution in [2.75, 3.05) is 12.1 Å². The molecule has 18 heavy (non-hydrogen) atoms. The Bertz CT molecular complexity index is 556. The number of nitrogens with two attached hydrogens (primary N) is 1. The van der Waals surface area contributed by atoms with Crippen molar-refractivity contribution >= 4 is 16.5 Å². The largest absolute Gasteiger partial charge is 0.454 e. The van der Waals surface area contributed by atoms with Crippen molar-refractivity contribution in [1.82, 2.24) is 4.98 Å². The molecule has 3 N–H and O–H groups in total. The number of nitrogens with zero attached hydrogens (tertiary/aromatic N) is 1. The van der Waals surface area contributed by atoms with Crippen LogP contribution in [0.4, 0.5) is 5.13 Å². The molecule has 0 aliphatic carbocycles. The first-order valence-electron chi connectivity index (χ1n) is 5.62.